The molecule has 0 aliphatic rings. The van der Waals surface area contributed by atoms with Gasteiger partial charge in [-0.2, -0.15) is 18.4 Å². The van der Waals surface area contributed by atoms with E-state index in [2.05, 4.69) is 0 Å². The monoisotopic (exact) mass is 245 g/mol. The highest BCUT2D eigenvalue weighted by Crippen LogP contribution is 2.43. The molecule has 0 saturated carbocycles. The Hall–Kier alpha value is -1.15. The number of benzene rings is 1. The van der Waals surface area contributed by atoms with Crippen molar-refractivity contribution in [2.75, 3.05) is 0 Å². The Morgan fingerprint density at radius 3 is 2.25 bits per heavy atom. The number of rotatable bonds is 3. The molecule has 1 aromatic carbocycles. The lowest BCUT2D eigenvalue weighted by Crippen LogP contribution is -2.24. The van der Waals surface area contributed by atoms with Gasteiger partial charge in [-0.25, -0.2) is 0 Å². The Balaban J connectivity index is 2.97. The largest absolute Gasteiger partial charge is 0.392 e. The van der Waals surface area contributed by atoms with Crippen molar-refractivity contribution >= 4 is 11.8 Å². The number of hydrogen-bond acceptors (Lipinski definition) is 2. The second-order valence-corrected chi connectivity index (χ2v) is 4.30. The first-order valence-electron chi connectivity index (χ1n) is 4.63. The third-order valence-electron chi connectivity index (χ3n) is 2.28. The summed E-state index contributed by atoms with van der Waals surface area (Å²) in [5, 5.41) is 9.42. The lowest BCUT2D eigenvalue weighted by Gasteiger charge is -2.23. The van der Waals surface area contributed by atoms with E-state index in [-0.39, 0.29) is 0 Å². The summed E-state index contributed by atoms with van der Waals surface area (Å²) in [5.41, 5.74) is 0.527. The standard InChI is InChI=1S/C11H10F3NS/c1-8(11(12,13)14)10(16-7-15)9-5-3-2-4-6-9/h2-6,8,10H,1H3. The molecule has 16 heavy (non-hydrogen) atoms. The van der Waals surface area contributed by atoms with Gasteiger partial charge in [-0.1, -0.05) is 37.3 Å². The van der Waals surface area contributed by atoms with Crippen molar-refractivity contribution in [3.63, 3.8) is 0 Å². The highest BCUT2D eigenvalue weighted by molar-refractivity contribution is 8.03. The van der Waals surface area contributed by atoms with E-state index >= 15 is 0 Å². The molecule has 2 unspecified atom stereocenters. The fourth-order valence-electron chi connectivity index (χ4n) is 1.33. The fourth-order valence-corrected chi connectivity index (χ4v) is 2.10. The van der Waals surface area contributed by atoms with Gasteiger partial charge in [0.2, 0.25) is 0 Å². The zero-order valence-corrected chi connectivity index (χ0v) is 9.35. The van der Waals surface area contributed by atoms with Gasteiger partial charge in [0.25, 0.3) is 0 Å². The van der Waals surface area contributed by atoms with Gasteiger partial charge >= 0.3 is 6.18 Å². The van der Waals surface area contributed by atoms with Gasteiger partial charge in [0.05, 0.1) is 11.2 Å². The van der Waals surface area contributed by atoms with Crippen LogP contribution in [0.2, 0.25) is 0 Å². The molecule has 5 heteroatoms. The Morgan fingerprint density at radius 1 is 1.25 bits per heavy atom. The maximum absolute atomic E-state index is 12.6. The molecule has 1 nitrogen and oxygen atoms in total. The zero-order valence-electron chi connectivity index (χ0n) is 8.53. The molecule has 0 N–H and O–H groups in total. The average Bonchev–Trinajstić information content (AvgIpc) is 2.25. The van der Waals surface area contributed by atoms with Crippen LogP contribution in [-0.2, 0) is 0 Å². The third-order valence-corrected chi connectivity index (χ3v) is 3.32. The summed E-state index contributed by atoms with van der Waals surface area (Å²) in [6, 6.07) is 8.29. The van der Waals surface area contributed by atoms with E-state index in [1.165, 1.54) is 0 Å². The SMILES string of the molecule is CC(C(SC#N)c1ccccc1)C(F)(F)F. The van der Waals surface area contributed by atoms with E-state index in [1.807, 2.05) is 0 Å². The number of thioether (sulfide) groups is 1. The van der Waals surface area contributed by atoms with E-state index in [0.717, 1.165) is 6.92 Å². The maximum atomic E-state index is 12.6. The van der Waals surface area contributed by atoms with Crippen LogP contribution >= 0.6 is 11.8 Å². The minimum absolute atomic E-state index is 0.527. The van der Waals surface area contributed by atoms with E-state index in [1.54, 1.807) is 35.7 Å². The summed E-state index contributed by atoms with van der Waals surface area (Å²) in [5.74, 6) is -1.54. The molecule has 0 radical (unpaired) electrons. The van der Waals surface area contributed by atoms with Crippen molar-refractivity contribution in [2.45, 2.75) is 18.3 Å². The highest BCUT2D eigenvalue weighted by Gasteiger charge is 2.42. The first-order valence-corrected chi connectivity index (χ1v) is 5.51. The van der Waals surface area contributed by atoms with Crippen LogP contribution in [0.1, 0.15) is 17.7 Å². The molecule has 0 aromatic heterocycles. The minimum Gasteiger partial charge on any atom is -0.185 e. The topological polar surface area (TPSA) is 23.8 Å². The van der Waals surface area contributed by atoms with Gasteiger partial charge in [0.1, 0.15) is 5.40 Å². The van der Waals surface area contributed by atoms with Crippen molar-refractivity contribution in [1.82, 2.24) is 0 Å². The van der Waals surface area contributed by atoms with E-state index < -0.39 is 17.3 Å². The van der Waals surface area contributed by atoms with E-state index in [4.69, 9.17) is 5.26 Å². The summed E-state index contributed by atoms with van der Waals surface area (Å²) >= 11 is 0.650. The van der Waals surface area contributed by atoms with Crippen LogP contribution in [0.25, 0.3) is 0 Å². The summed E-state index contributed by atoms with van der Waals surface area (Å²) in [6.07, 6.45) is -4.29. The molecule has 1 rings (SSSR count). The molecule has 0 fully saturated rings. The lowest BCUT2D eigenvalue weighted by atomic mass is 10.00. The van der Waals surface area contributed by atoms with Crippen LogP contribution in [-0.4, -0.2) is 6.18 Å². The van der Waals surface area contributed by atoms with Crippen molar-refractivity contribution in [2.24, 2.45) is 5.92 Å². The summed E-state index contributed by atoms with van der Waals surface area (Å²) in [4.78, 5) is 0. The van der Waals surface area contributed by atoms with Gasteiger partial charge in [-0.15, -0.1) is 0 Å². The van der Waals surface area contributed by atoms with Gasteiger partial charge in [0, 0.05) is 0 Å². The summed E-state index contributed by atoms with van der Waals surface area (Å²) in [7, 11) is 0. The number of hydrogen-bond donors (Lipinski definition) is 0. The zero-order chi connectivity index (χ0) is 12.2. The maximum Gasteiger partial charge on any atom is 0.392 e. The molecule has 0 amide bonds. The smallest absolute Gasteiger partial charge is 0.185 e. The molecule has 0 spiro atoms. The number of alkyl halides is 3. The molecule has 1 aromatic rings. The predicted octanol–water partition coefficient (Wildman–Crippen LogP) is 4.14. The molecule has 86 valence electrons. The first kappa shape index (κ1) is 12.9. The van der Waals surface area contributed by atoms with Gasteiger partial charge in [-0.3, -0.25) is 0 Å². The number of nitrogens with zero attached hydrogens (tertiary/aromatic N) is 1. The molecule has 0 aliphatic carbocycles. The molecule has 2 atom stereocenters. The van der Waals surface area contributed by atoms with E-state index in [9.17, 15) is 13.2 Å². The van der Waals surface area contributed by atoms with Crippen molar-refractivity contribution in [3.05, 3.63) is 35.9 Å². The van der Waals surface area contributed by atoms with Crippen LogP contribution in [0.5, 0.6) is 0 Å². The average molecular weight is 245 g/mol. The van der Waals surface area contributed by atoms with Gasteiger partial charge in [0.15, 0.2) is 0 Å². The number of nitriles is 1. The second-order valence-electron chi connectivity index (χ2n) is 3.37. The second kappa shape index (κ2) is 5.26. The lowest BCUT2D eigenvalue weighted by molar-refractivity contribution is -0.169. The Bertz CT molecular complexity index is 369. The Labute approximate surface area is 96.3 Å². The van der Waals surface area contributed by atoms with Crippen molar-refractivity contribution in [3.8, 4) is 5.40 Å². The first-order chi connectivity index (χ1) is 7.46. The predicted molar refractivity (Wildman–Crippen MR) is 57.6 cm³/mol. The minimum atomic E-state index is -4.29. The van der Waals surface area contributed by atoms with E-state index in [0.29, 0.717) is 17.3 Å². The highest BCUT2D eigenvalue weighted by atomic mass is 32.2. The fraction of sp³-hybridized carbons (Fsp3) is 0.364. The molecular formula is C11H10F3NS. The van der Waals surface area contributed by atoms with Gasteiger partial charge in [-0.05, 0) is 17.3 Å². The van der Waals surface area contributed by atoms with Crippen molar-refractivity contribution in [1.29, 1.82) is 5.26 Å². The Kier molecular flexibility index (Phi) is 4.25. The molecule has 0 aliphatic heterocycles. The number of thiocyanates is 1. The number of halogens is 3. The third kappa shape index (κ3) is 3.17. The van der Waals surface area contributed by atoms with Crippen LogP contribution in [0, 0.1) is 16.6 Å². The molecular weight excluding hydrogens is 235 g/mol. The quantitative estimate of drug-likeness (QED) is 0.747. The molecule has 0 heterocycles. The summed E-state index contributed by atoms with van der Waals surface area (Å²) in [6.45, 7) is 1.10. The Morgan fingerprint density at radius 2 is 1.81 bits per heavy atom. The van der Waals surface area contributed by atoms with Crippen LogP contribution < -0.4 is 0 Å². The molecule has 0 saturated heterocycles. The van der Waals surface area contributed by atoms with Gasteiger partial charge < -0.3 is 0 Å². The molecule has 0 bridgehead atoms. The summed E-state index contributed by atoms with van der Waals surface area (Å²) < 4.78 is 37.8. The normalized spacial score (nSPS) is 15.2. The van der Waals surface area contributed by atoms with Crippen molar-refractivity contribution < 1.29 is 13.2 Å². The van der Waals surface area contributed by atoms with Crippen LogP contribution in [0.4, 0.5) is 13.2 Å². The van der Waals surface area contributed by atoms with Crippen LogP contribution in [0.3, 0.4) is 0 Å². The van der Waals surface area contributed by atoms with Crippen LogP contribution in [0.15, 0.2) is 30.3 Å².